The van der Waals surface area contributed by atoms with E-state index >= 15 is 0 Å². The summed E-state index contributed by atoms with van der Waals surface area (Å²) in [6.45, 7) is 4.45. The average molecular weight is 355 g/mol. The van der Waals surface area contributed by atoms with Crippen LogP contribution in [0.3, 0.4) is 0 Å². The van der Waals surface area contributed by atoms with E-state index in [4.69, 9.17) is 14.0 Å². The number of benzene rings is 1. The number of aromatic nitrogens is 1. The van der Waals surface area contributed by atoms with Crippen molar-refractivity contribution in [3.8, 4) is 5.75 Å². The van der Waals surface area contributed by atoms with Gasteiger partial charge < -0.3 is 19.3 Å². The standard InChI is InChI=1S/C15H19BrN2O3/c1-11-7-14(18-21-11)10-20-15-4-3-13(16)8-12(15)9-17-5-6-19-2/h3-4,7-8,17H,5-6,9-10H2,1-2H3. The zero-order chi connectivity index (χ0) is 15.1. The fraction of sp³-hybridized carbons (Fsp3) is 0.400. The van der Waals surface area contributed by atoms with Crippen molar-refractivity contribution in [3.63, 3.8) is 0 Å². The molecule has 6 heteroatoms. The van der Waals surface area contributed by atoms with E-state index in [0.717, 1.165) is 40.3 Å². The van der Waals surface area contributed by atoms with Crippen LogP contribution in [0.15, 0.2) is 33.3 Å². The number of ether oxygens (including phenoxy) is 2. The van der Waals surface area contributed by atoms with Crippen LogP contribution in [0.5, 0.6) is 5.75 Å². The molecule has 1 aromatic heterocycles. The number of nitrogens with one attached hydrogen (secondary N) is 1. The zero-order valence-electron chi connectivity index (χ0n) is 12.2. The molecular weight excluding hydrogens is 336 g/mol. The Labute approximate surface area is 132 Å². The molecule has 0 atom stereocenters. The summed E-state index contributed by atoms with van der Waals surface area (Å²) in [7, 11) is 1.69. The highest BCUT2D eigenvalue weighted by atomic mass is 79.9. The van der Waals surface area contributed by atoms with E-state index in [-0.39, 0.29) is 0 Å². The first-order valence-electron chi connectivity index (χ1n) is 6.72. The van der Waals surface area contributed by atoms with Gasteiger partial charge in [-0.15, -0.1) is 0 Å². The monoisotopic (exact) mass is 354 g/mol. The molecule has 2 aromatic rings. The quantitative estimate of drug-likeness (QED) is 0.738. The minimum absolute atomic E-state index is 0.393. The largest absolute Gasteiger partial charge is 0.487 e. The summed E-state index contributed by atoms with van der Waals surface area (Å²) in [6, 6.07) is 7.82. The molecule has 1 N–H and O–H groups in total. The summed E-state index contributed by atoms with van der Waals surface area (Å²) in [6.07, 6.45) is 0. The van der Waals surface area contributed by atoms with Crippen LogP contribution < -0.4 is 10.1 Å². The third kappa shape index (κ3) is 5.15. The van der Waals surface area contributed by atoms with Crippen molar-refractivity contribution >= 4 is 15.9 Å². The van der Waals surface area contributed by atoms with Crippen molar-refractivity contribution in [2.24, 2.45) is 0 Å². The van der Waals surface area contributed by atoms with Crippen LogP contribution >= 0.6 is 15.9 Å². The molecule has 0 aliphatic rings. The Kier molecular flexibility index (Phi) is 6.22. The lowest BCUT2D eigenvalue weighted by Gasteiger charge is -2.12. The molecule has 0 unspecified atom stereocenters. The van der Waals surface area contributed by atoms with Crippen LogP contribution in [0.1, 0.15) is 17.0 Å². The Bertz CT molecular complexity index is 572. The van der Waals surface area contributed by atoms with E-state index in [1.165, 1.54) is 0 Å². The molecular formula is C15H19BrN2O3. The van der Waals surface area contributed by atoms with Gasteiger partial charge in [-0.2, -0.15) is 0 Å². The fourth-order valence-corrected chi connectivity index (χ4v) is 2.27. The lowest BCUT2D eigenvalue weighted by atomic mass is 10.2. The van der Waals surface area contributed by atoms with E-state index in [2.05, 4.69) is 26.4 Å². The van der Waals surface area contributed by atoms with Crippen LogP contribution in [-0.2, 0) is 17.9 Å². The van der Waals surface area contributed by atoms with Gasteiger partial charge in [-0.25, -0.2) is 0 Å². The van der Waals surface area contributed by atoms with Gasteiger partial charge in [0.05, 0.1) is 6.61 Å². The molecule has 2 rings (SSSR count). The molecule has 0 fully saturated rings. The van der Waals surface area contributed by atoms with Gasteiger partial charge in [-0.1, -0.05) is 21.1 Å². The number of aryl methyl sites for hydroxylation is 1. The summed E-state index contributed by atoms with van der Waals surface area (Å²) >= 11 is 3.48. The maximum Gasteiger partial charge on any atom is 0.134 e. The van der Waals surface area contributed by atoms with Gasteiger partial charge in [0, 0.05) is 36.3 Å². The Hall–Kier alpha value is -1.37. The number of hydrogen-bond acceptors (Lipinski definition) is 5. The molecule has 114 valence electrons. The van der Waals surface area contributed by atoms with E-state index in [0.29, 0.717) is 13.2 Å². The third-order valence-electron chi connectivity index (χ3n) is 2.87. The summed E-state index contributed by atoms with van der Waals surface area (Å²) in [4.78, 5) is 0. The lowest BCUT2D eigenvalue weighted by molar-refractivity contribution is 0.199. The van der Waals surface area contributed by atoms with Gasteiger partial charge in [0.15, 0.2) is 0 Å². The van der Waals surface area contributed by atoms with Crippen molar-refractivity contribution in [2.75, 3.05) is 20.3 Å². The van der Waals surface area contributed by atoms with Crippen LogP contribution in [0.4, 0.5) is 0 Å². The highest BCUT2D eigenvalue weighted by Gasteiger charge is 2.07. The van der Waals surface area contributed by atoms with E-state index in [1.807, 2.05) is 31.2 Å². The summed E-state index contributed by atoms with van der Waals surface area (Å²) < 4.78 is 16.9. The molecule has 0 bridgehead atoms. The van der Waals surface area contributed by atoms with Crippen molar-refractivity contribution in [1.82, 2.24) is 10.5 Å². The minimum Gasteiger partial charge on any atom is -0.487 e. The molecule has 0 radical (unpaired) electrons. The Balaban J connectivity index is 1.97. The lowest BCUT2D eigenvalue weighted by Crippen LogP contribution is -2.19. The Morgan fingerprint density at radius 1 is 1.33 bits per heavy atom. The molecule has 0 spiro atoms. The van der Waals surface area contributed by atoms with Gasteiger partial charge in [0.25, 0.3) is 0 Å². The predicted molar refractivity (Wildman–Crippen MR) is 83.3 cm³/mol. The molecule has 1 aromatic carbocycles. The molecule has 0 saturated carbocycles. The van der Waals surface area contributed by atoms with Gasteiger partial charge in [0.2, 0.25) is 0 Å². The van der Waals surface area contributed by atoms with Crippen LogP contribution in [0, 0.1) is 6.92 Å². The number of halogens is 1. The maximum atomic E-state index is 5.83. The number of nitrogens with zero attached hydrogens (tertiary/aromatic N) is 1. The first-order valence-corrected chi connectivity index (χ1v) is 7.51. The molecule has 0 saturated heterocycles. The second-order valence-corrected chi connectivity index (χ2v) is 5.55. The number of rotatable bonds is 8. The van der Waals surface area contributed by atoms with Crippen molar-refractivity contribution < 1.29 is 14.0 Å². The second kappa shape index (κ2) is 8.17. The maximum absolute atomic E-state index is 5.83. The van der Waals surface area contributed by atoms with Gasteiger partial charge in [0.1, 0.15) is 23.8 Å². The summed E-state index contributed by atoms with van der Waals surface area (Å²) in [5.74, 6) is 1.62. The Morgan fingerprint density at radius 3 is 2.90 bits per heavy atom. The van der Waals surface area contributed by atoms with Crippen LogP contribution in [0.2, 0.25) is 0 Å². The molecule has 5 nitrogen and oxygen atoms in total. The molecule has 0 aliphatic carbocycles. The third-order valence-corrected chi connectivity index (χ3v) is 3.37. The normalized spacial score (nSPS) is 10.8. The number of hydrogen-bond donors (Lipinski definition) is 1. The zero-order valence-corrected chi connectivity index (χ0v) is 13.8. The average Bonchev–Trinajstić information content (AvgIpc) is 2.88. The topological polar surface area (TPSA) is 56.5 Å². The summed E-state index contributed by atoms with van der Waals surface area (Å²) in [5.41, 5.74) is 1.87. The molecule has 0 amide bonds. The van der Waals surface area contributed by atoms with E-state index < -0.39 is 0 Å². The van der Waals surface area contributed by atoms with Crippen molar-refractivity contribution in [2.45, 2.75) is 20.1 Å². The fourth-order valence-electron chi connectivity index (χ4n) is 1.86. The number of methoxy groups -OCH3 is 1. The smallest absolute Gasteiger partial charge is 0.134 e. The van der Waals surface area contributed by atoms with Crippen LogP contribution in [-0.4, -0.2) is 25.4 Å². The van der Waals surface area contributed by atoms with Crippen molar-refractivity contribution in [1.29, 1.82) is 0 Å². The summed E-state index contributed by atoms with van der Waals surface area (Å²) in [5, 5.41) is 7.24. The van der Waals surface area contributed by atoms with Crippen molar-refractivity contribution in [3.05, 3.63) is 45.8 Å². The van der Waals surface area contributed by atoms with E-state index in [1.54, 1.807) is 7.11 Å². The first-order chi connectivity index (χ1) is 10.2. The molecule has 1 heterocycles. The predicted octanol–water partition coefficient (Wildman–Crippen LogP) is 3.06. The van der Waals surface area contributed by atoms with E-state index in [9.17, 15) is 0 Å². The van der Waals surface area contributed by atoms with Gasteiger partial charge >= 0.3 is 0 Å². The highest BCUT2D eigenvalue weighted by molar-refractivity contribution is 9.10. The Morgan fingerprint density at radius 2 is 2.19 bits per heavy atom. The van der Waals surface area contributed by atoms with Gasteiger partial charge in [-0.05, 0) is 25.1 Å². The van der Waals surface area contributed by atoms with Crippen LogP contribution in [0.25, 0.3) is 0 Å². The minimum atomic E-state index is 0.393. The first kappa shape index (κ1) is 16.0. The molecule has 0 aliphatic heterocycles. The second-order valence-electron chi connectivity index (χ2n) is 4.64. The van der Waals surface area contributed by atoms with Gasteiger partial charge in [-0.3, -0.25) is 0 Å². The molecule has 21 heavy (non-hydrogen) atoms. The highest BCUT2D eigenvalue weighted by Crippen LogP contribution is 2.24. The SMILES string of the molecule is COCCNCc1cc(Br)ccc1OCc1cc(C)on1.